The maximum atomic E-state index is 4.76. The highest BCUT2D eigenvalue weighted by Gasteiger charge is 2.14. The smallest absolute Gasteiger partial charge is 0.131 e. The second kappa shape index (κ2) is 7.26. The van der Waals surface area contributed by atoms with Crippen LogP contribution < -0.4 is 10.2 Å². The van der Waals surface area contributed by atoms with Crippen LogP contribution >= 0.6 is 0 Å². The zero-order valence-corrected chi connectivity index (χ0v) is 14.2. The van der Waals surface area contributed by atoms with Crippen LogP contribution in [-0.4, -0.2) is 23.6 Å². The molecule has 0 aromatic carbocycles. The molecule has 0 aliphatic carbocycles. The molecule has 0 bridgehead atoms. The van der Waals surface area contributed by atoms with Crippen LogP contribution in [0.1, 0.15) is 64.0 Å². The van der Waals surface area contributed by atoms with E-state index in [1.807, 2.05) is 6.20 Å². The summed E-state index contributed by atoms with van der Waals surface area (Å²) in [4.78, 5) is 7.24. The molecule has 0 atom stereocenters. The molecule has 21 heavy (non-hydrogen) atoms. The fraction of sp³-hybridized carbons (Fsp3) is 0.722. The van der Waals surface area contributed by atoms with Crippen LogP contribution in [-0.2, 0) is 6.54 Å². The Morgan fingerprint density at radius 2 is 1.71 bits per heavy atom. The van der Waals surface area contributed by atoms with Gasteiger partial charge in [0.1, 0.15) is 5.82 Å². The van der Waals surface area contributed by atoms with Crippen molar-refractivity contribution in [1.29, 1.82) is 0 Å². The van der Waals surface area contributed by atoms with Crippen LogP contribution in [0.4, 0.5) is 5.82 Å². The molecule has 0 amide bonds. The Labute approximate surface area is 130 Å². The van der Waals surface area contributed by atoms with Gasteiger partial charge in [0, 0.05) is 31.4 Å². The van der Waals surface area contributed by atoms with Gasteiger partial charge in [0.05, 0.1) is 0 Å². The Balaban J connectivity index is 2.03. The number of anilines is 1. The fourth-order valence-electron chi connectivity index (χ4n) is 2.88. The van der Waals surface area contributed by atoms with Crippen molar-refractivity contribution in [2.75, 3.05) is 18.0 Å². The van der Waals surface area contributed by atoms with Gasteiger partial charge in [-0.05, 0) is 57.7 Å². The Morgan fingerprint density at radius 3 is 2.29 bits per heavy atom. The molecule has 1 aromatic heterocycles. The van der Waals surface area contributed by atoms with E-state index in [1.165, 1.54) is 49.0 Å². The van der Waals surface area contributed by atoms with Crippen LogP contribution in [0.5, 0.6) is 0 Å². The third-order valence-electron chi connectivity index (χ3n) is 4.09. The number of nitrogens with zero attached hydrogens (tertiary/aromatic N) is 2. The lowest BCUT2D eigenvalue weighted by Crippen LogP contribution is -2.35. The first-order valence-electron chi connectivity index (χ1n) is 8.41. The minimum atomic E-state index is 0.148. The standard InChI is InChI=1S/C18H31N3/c1-15-12-16(14-20-18(2,3)4)13-19-17(15)21-10-8-6-5-7-9-11-21/h12-13,20H,5-11,14H2,1-4H3. The van der Waals surface area contributed by atoms with E-state index in [9.17, 15) is 0 Å². The van der Waals surface area contributed by atoms with Gasteiger partial charge in [0.15, 0.2) is 0 Å². The van der Waals surface area contributed by atoms with Crippen LogP contribution in [0.2, 0.25) is 0 Å². The summed E-state index contributed by atoms with van der Waals surface area (Å²) in [6, 6.07) is 2.29. The van der Waals surface area contributed by atoms with E-state index < -0.39 is 0 Å². The lowest BCUT2D eigenvalue weighted by molar-refractivity contribution is 0.424. The second-order valence-corrected chi connectivity index (χ2v) is 7.34. The van der Waals surface area contributed by atoms with Crippen molar-refractivity contribution >= 4 is 5.82 Å². The molecular weight excluding hydrogens is 258 g/mol. The van der Waals surface area contributed by atoms with E-state index in [-0.39, 0.29) is 5.54 Å². The molecule has 1 N–H and O–H groups in total. The normalized spacial score (nSPS) is 17.4. The van der Waals surface area contributed by atoms with Gasteiger partial charge in [-0.15, -0.1) is 0 Å². The van der Waals surface area contributed by atoms with E-state index in [0.717, 1.165) is 19.6 Å². The average Bonchev–Trinajstić information content (AvgIpc) is 2.36. The molecule has 2 rings (SSSR count). The molecule has 1 aromatic rings. The highest BCUT2D eigenvalue weighted by atomic mass is 15.2. The monoisotopic (exact) mass is 289 g/mol. The minimum absolute atomic E-state index is 0.148. The summed E-state index contributed by atoms with van der Waals surface area (Å²) in [5.74, 6) is 1.19. The second-order valence-electron chi connectivity index (χ2n) is 7.34. The molecule has 0 unspecified atom stereocenters. The molecule has 3 heteroatoms. The number of nitrogens with one attached hydrogen (secondary N) is 1. The summed E-state index contributed by atoms with van der Waals surface area (Å²) in [7, 11) is 0. The predicted octanol–water partition coefficient (Wildman–Crippen LogP) is 4.05. The maximum Gasteiger partial charge on any atom is 0.131 e. The van der Waals surface area contributed by atoms with E-state index in [1.54, 1.807) is 0 Å². The molecule has 118 valence electrons. The summed E-state index contributed by atoms with van der Waals surface area (Å²) >= 11 is 0. The van der Waals surface area contributed by atoms with Crippen LogP contribution in [0.3, 0.4) is 0 Å². The van der Waals surface area contributed by atoms with Crippen molar-refractivity contribution in [3.63, 3.8) is 0 Å². The van der Waals surface area contributed by atoms with E-state index in [2.05, 4.69) is 44.0 Å². The summed E-state index contributed by atoms with van der Waals surface area (Å²) in [6.07, 6.45) is 8.77. The molecule has 1 aliphatic rings. The molecular formula is C18H31N3. The fourth-order valence-corrected chi connectivity index (χ4v) is 2.88. The zero-order chi connectivity index (χ0) is 15.3. The minimum Gasteiger partial charge on any atom is -0.356 e. The molecule has 0 spiro atoms. The van der Waals surface area contributed by atoms with Crippen molar-refractivity contribution in [2.45, 2.75) is 71.9 Å². The van der Waals surface area contributed by atoms with Crippen molar-refractivity contribution in [3.8, 4) is 0 Å². The summed E-state index contributed by atoms with van der Waals surface area (Å²) in [5, 5.41) is 3.53. The van der Waals surface area contributed by atoms with Gasteiger partial charge in [-0.25, -0.2) is 4.98 Å². The Bertz CT molecular complexity index is 440. The lowest BCUT2D eigenvalue weighted by atomic mass is 10.1. The maximum absolute atomic E-state index is 4.76. The van der Waals surface area contributed by atoms with Crippen LogP contribution in [0, 0.1) is 6.92 Å². The number of aryl methyl sites for hydroxylation is 1. The average molecular weight is 289 g/mol. The first-order valence-corrected chi connectivity index (χ1v) is 8.41. The molecule has 3 nitrogen and oxygen atoms in total. The Hall–Kier alpha value is -1.09. The van der Waals surface area contributed by atoms with Gasteiger partial charge >= 0.3 is 0 Å². The SMILES string of the molecule is Cc1cc(CNC(C)(C)C)cnc1N1CCCCCCC1. The molecule has 2 heterocycles. The number of rotatable bonds is 3. The van der Waals surface area contributed by atoms with Crippen molar-refractivity contribution in [2.24, 2.45) is 0 Å². The molecule has 1 aliphatic heterocycles. The van der Waals surface area contributed by atoms with Gasteiger partial charge in [-0.3, -0.25) is 0 Å². The Morgan fingerprint density at radius 1 is 1.10 bits per heavy atom. The van der Waals surface area contributed by atoms with Crippen molar-refractivity contribution < 1.29 is 0 Å². The third kappa shape index (κ3) is 5.31. The summed E-state index contributed by atoms with van der Waals surface area (Å²) in [5.41, 5.74) is 2.73. The first kappa shape index (κ1) is 16.3. The summed E-state index contributed by atoms with van der Waals surface area (Å²) in [6.45, 7) is 12.0. The van der Waals surface area contributed by atoms with Gasteiger partial charge in [0.2, 0.25) is 0 Å². The first-order chi connectivity index (χ1) is 9.96. The van der Waals surface area contributed by atoms with Crippen molar-refractivity contribution in [1.82, 2.24) is 10.3 Å². The highest BCUT2D eigenvalue weighted by molar-refractivity contribution is 5.47. The topological polar surface area (TPSA) is 28.2 Å². The lowest BCUT2D eigenvalue weighted by Gasteiger charge is -2.27. The van der Waals surface area contributed by atoms with Gasteiger partial charge in [0.25, 0.3) is 0 Å². The molecule has 1 fully saturated rings. The van der Waals surface area contributed by atoms with Gasteiger partial charge in [-0.2, -0.15) is 0 Å². The quantitative estimate of drug-likeness (QED) is 0.910. The van der Waals surface area contributed by atoms with E-state index >= 15 is 0 Å². The Kier molecular flexibility index (Phi) is 5.63. The number of aromatic nitrogens is 1. The summed E-state index contributed by atoms with van der Waals surface area (Å²) < 4.78 is 0. The van der Waals surface area contributed by atoms with Crippen molar-refractivity contribution in [3.05, 3.63) is 23.4 Å². The van der Waals surface area contributed by atoms with E-state index in [0.29, 0.717) is 0 Å². The molecule has 0 saturated carbocycles. The predicted molar refractivity (Wildman–Crippen MR) is 90.9 cm³/mol. The molecule has 1 saturated heterocycles. The number of hydrogen-bond acceptors (Lipinski definition) is 3. The van der Waals surface area contributed by atoms with Crippen LogP contribution in [0.25, 0.3) is 0 Å². The molecule has 0 radical (unpaired) electrons. The van der Waals surface area contributed by atoms with Crippen LogP contribution in [0.15, 0.2) is 12.3 Å². The number of pyridine rings is 1. The third-order valence-corrected chi connectivity index (χ3v) is 4.09. The number of hydrogen-bond donors (Lipinski definition) is 1. The van der Waals surface area contributed by atoms with Gasteiger partial charge in [-0.1, -0.05) is 19.3 Å². The van der Waals surface area contributed by atoms with Gasteiger partial charge < -0.3 is 10.2 Å². The van der Waals surface area contributed by atoms with E-state index in [4.69, 9.17) is 4.98 Å². The highest BCUT2D eigenvalue weighted by Crippen LogP contribution is 2.21. The largest absolute Gasteiger partial charge is 0.356 e. The zero-order valence-electron chi connectivity index (χ0n) is 14.2.